The highest BCUT2D eigenvalue weighted by Gasteiger charge is 2.27. The minimum Gasteiger partial charge on any atom is -0.481 e. The first-order valence-corrected chi connectivity index (χ1v) is 6.54. The molecule has 0 bridgehead atoms. The maximum atomic E-state index is 11.1. The Morgan fingerprint density at radius 2 is 2.32 bits per heavy atom. The van der Waals surface area contributed by atoms with Gasteiger partial charge in [0.1, 0.15) is 0 Å². The summed E-state index contributed by atoms with van der Waals surface area (Å²) >= 11 is 0. The number of ether oxygens (including phenoxy) is 1. The highest BCUT2D eigenvalue weighted by atomic mass is 16.5. The molecule has 0 spiro atoms. The van der Waals surface area contributed by atoms with Gasteiger partial charge in [0.25, 0.3) is 0 Å². The van der Waals surface area contributed by atoms with Crippen molar-refractivity contribution < 1.29 is 14.6 Å². The number of piperidine rings is 1. The van der Waals surface area contributed by atoms with Crippen LogP contribution in [0, 0.1) is 12.8 Å². The Hall–Kier alpha value is -1.56. The van der Waals surface area contributed by atoms with Crippen molar-refractivity contribution >= 4 is 5.97 Å². The fraction of sp³-hybridized carbons (Fsp3) is 0.692. The molecule has 1 N–H and O–H groups in total. The lowest BCUT2D eigenvalue weighted by molar-refractivity contribution is -0.143. The first-order chi connectivity index (χ1) is 9.02. The SMILES string of the molecule is COc1c(CN2CCCC(C(=O)O)C2)c(C)nn1C. The van der Waals surface area contributed by atoms with Crippen molar-refractivity contribution in [3.8, 4) is 5.88 Å². The second kappa shape index (κ2) is 5.61. The van der Waals surface area contributed by atoms with Gasteiger partial charge < -0.3 is 9.84 Å². The Morgan fingerprint density at radius 3 is 2.95 bits per heavy atom. The number of aliphatic carboxylic acids is 1. The number of carbonyl (C=O) groups is 1. The highest BCUT2D eigenvalue weighted by molar-refractivity contribution is 5.70. The van der Waals surface area contributed by atoms with Crippen LogP contribution < -0.4 is 4.74 Å². The zero-order valence-corrected chi connectivity index (χ0v) is 11.7. The molecule has 1 atom stereocenters. The van der Waals surface area contributed by atoms with E-state index in [1.54, 1.807) is 11.8 Å². The van der Waals surface area contributed by atoms with E-state index in [9.17, 15) is 4.79 Å². The molecule has 2 rings (SSSR count). The van der Waals surface area contributed by atoms with Crippen LogP contribution in [-0.2, 0) is 18.4 Å². The Morgan fingerprint density at radius 1 is 1.58 bits per heavy atom. The molecule has 1 saturated heterocycles. The second-order valence-electron chi connectivity index (χ2n) is 5.11. The predicted molar refractivity (Wildman–Crippen MR) is 70.1 cm³/mol. The molecular formula is C13H21N3O3. The lowest BCUT2D eigenvalue weighted by Crippen LogP contribution is -2.38. The molecule has 0 radical (unpaired) electrons. The number of methoxy groups -OCH3 is 1. The summed E-state index contributed by atoms with van der Waals surface area (Å²) in [6.45, 7) is 4.19. The summed E-state index contributed by atoms with van der Waals surface area (Å²) in [5.41, 5.74) is 1.99. The van der Waals surface area contributed by atoms with E-state index in [2.05, 4.69) is 10.00 Å². The first kappa shape index (κ1) is 13.9. The molecule has 1 aromatic heterocycles. The smallest absolute Gasteiger partial charge is 0.307 e. The Labute approximate surface area is 113 Å². The van der Waals surface area contributed by atoms with Crippen LogP contribution in [0.25, 0.3) is 0 Å². The predicted octanol–water partition coefficient (Wildman–Crippen LogP) is 1.03. The van der Waals surface area contributed by atoms with Crippen molar-refractivity contribution in [2.75, 3.05) is 20.2 Å². The molecule has 0 aliphatic carbocycles. The number of carboxylic acids is 1. The molecule has 0 amide bonds. The molecule has 1 aliphatic heterocycles. The zero-order valence-electron chi connectivity index (χ0n) is 11.7. The number of aromatic nitrogens is 2. The third-order valence-electron chi connectivity index (χ3n) is 3.72. The average molecular weight is 267 g/mol. The van der Waals surface area contributed by atoms with Gasteiger partial charge in [-0.3, -0.25) is 9.69 Å². The standard InChI is InChI=1S/C13H21N3O3/c1-9-11(12(19-3)15(2)14-9)8-16-6-4-5-10(7-16)13(17)18/h10H,4-8H2,1-3H3,(H,17,18). The van der Waals surface area contributed by atoms with E-state index in [0.717, 1.165) is 36.5 Å². The molecule has 6 heteroatoms. The molecule has 1 aromatic rings. The summed E-state index contributed by atoms with van der Waals surface area (Å²) in [6.07, 6.45) is 1.70. The van der Waals surface area contributed by atoms with Gasteiger partial charge >= 0.3 is 5.97 Å². The average Bonchev–Trinajstić information content (AvgIpc) is 2.64. The minimum absolute atomic E-state index is 0.253. The Balaban J connectivity index is 2.10. The van der Waals surface area contributed by atoms with Crippen LogP contribution in [0.3, 0.4) is 0 Å². The van der Waals surface area contributed by atoms with Crippen LogP contribution in [0.4, 0.5) is 0 Å². The van der Waals surface area contributed by atoms with Crippen LogP contribution in [0.15, 0.2) is 0 Å². The molecule has 0 aromatic carbocycles. The molecule has 6 nitrogen and oxygen atoms in total. The number of rotatable bonds is 4. The van der Waals surface area contributed by atoms with Gasteiger partial charge in [-0.1, -0.05) is 0 Å². The number of aryl methyl sites for hydroxylation is 2. The van der Waals surface area contributed by atoms with Crippen LogP contribution in [0.5, 0.6) is 5.88 Å². The van der Waals surface area contributed by atoms with Crippen LogP contribution in [0.2, 0.25) is 0 Å². The molecular weight excluding hydrogens is 246 g/mol. The number of nitrogens with zero attached hydrogens (tertiary/aromatic N) is 3. The van der Waals surface area contributed by atoms with E-state index in [1.807, 2.05) is 14.0 Å². The van der Waals surface area contributed by atoms with E-state index < -0.39 is 5.97 Å². The number of hydrogen-bond acceptors (Lipinski definition) is 4. The van der Waals surface area contributed by atoms with Gasteiger partial charge in [0.15, 0.2) is 0 Å². The fourth-order valence-corrected chi connectivity index (χ4v) is 2.74. The quantitative estimate of drug-likeness (QED) is 0.882. The number of hydrogen-bond donors (Lipinski definition) is 1. The largest absolute Gasteiger partial charge is 0.481 e. The van der Waals surface area contributed by atoms with E-state index in [1.165, 1.54) is 0 Å². The fourth-order valence-electron chi connectivity index (χ4n) is 2.74. The zero-order chi connectivity index (χ0) is 14.0. The first-order valence-electron chi connectivity index (χ1n) is 6.54. The van der Waals surface area contributed by atoms with Crippen molar-refractivity contribution in [3.63, 3.8) is 0 Å². The summed E-state index contributed by atoms with van der Waals surface area (Å²) in [5.74, 6) is -0.189. The molecule has 19 heavy (non-hydrogen) atoms. The Bertz CT molecular complexity index is 470. The van der Waals surface area contributed by atoms with Gasteiger partial charge in [-0.15, -0.1) is 0 Å². The van der Waals surface area contributed by atoms with E-state index in [-0.39, 0.29) is 5.92 Å². The van der Waals surface area contributed by atoms with Crippen molar-refractivity contribution in [1.29, 1.82) is 0 Å². The summed E-state index contributed by atoms with van der Waals surface area (Å²) in [5, 5.41) is 13.5. The molecule has 1 unspecified atom stereocenters. The van der Waals surface area contributed by atoms with Crippen LogP contribution in [-0.4, -0.2) is 46.0 Å². The summed E-state index contributed by atoms with van der Waals surface area (Å²) in [7, 11) is 3.49. The van der Waals surface area contributed by atoms with Gasteiger partial charge in [-0.2, -0.15) is 5.10 Å². The lowest BCUT2D eigenvalue weighted by Gasteiger charge is -2.30. The monoisotopic (exact) mass is 267 g/mol. The molecule has 1 aliphatic rings. The molecule has 0 saturated carbocycles. The maximum absolute atomic E-state index is 11.1. The van der Waals surface area contributed by atoms with Crippen molar-refractivity contribution in [2.24, 2.45) is 13.0 Å². The summed E-state index contributed by atoms with van der Waals surface area (Å²) in [6, 6.07) is 0. The van der Waals surface area contributed by atoms with Gasteiger partial charge in [0.05, 0.1) is 24.3 Å². The van der Waals surface area contributed by atoms with Gasteiger partial charge in [0.2, 0.25) is 5.88 Å². The van der Waals surface area contributed by atoms with Crippen LogP contribution >= 0.6 is 0 Å². The highest BCUT2D eigenvalue weighted by Crippen LogP contribution is 2.25. The third kappa shape index (κ3) is 2.89. The van der Waals surface area contributed by atoms with E-state index in [4.69, 9.17) is 9.84 Å². The topological polar surface area (TPSA) is 67.6 Å². The minimum atomic E-state index is -0.695. The van der Waals surface area contributed by atoms with Gasteiger partial charge in [0, 0.05) is 20.1 Å². The number of likely N-dealkylation sites (tertiary alicyclic amines) is 1. The number of carboxylic acid groups (broad SMARTS) is 1. The maximum Gasteiger partial charge on any atom is 0.307 e. The summed E-state index contributed by atoms with van der Waals surface area (Å²) in [4.78, 5) is 13.3. The normalized spacial score (nSPS) is 20.5. The van der Waals surface area contributed by atoms with Crippen molar-refractivity contribution in [1.82, 2.24) is 14.7 Å². The van der Waals surface area contributed by atoms with Crippen molar-refractivity contribution in [3.05, 3.63) is 11.3 Å². The van der Waals surface area contributed by atoms with Crippen molar-refractivity contribution in [2.45, 2.75) is 26.3 Å². The van der Waals surface area contributed by atoms with E-state index in [0.29, 0.717) is 13.1 Å². The van der Waals surface area contributed by atoms with Gasteiger partial charge in [-0.25, -0.2) is 4.68 Å². The molecule has 106 valence electrons. The second-order valence-corrected chi connectivity index (χ2v) is 5.11. The lowest BCUT2D eigenvalue weighted by atomic mass is 9.98. The molecule has 1 fully saturated rings. The molecule has 2 heterocycles. The third-order valence-corrected chi connectivity index (χ3v) is 3.72. The van der Waals surface area contributed by atoms with Gasteiger partial charge in [-0.05, 0) is 26.3 Å². The Kier molecular flexibility index (Phi) is 4.09. The summed E-state index contributed by atoms with van der Waals surface area (Å²) < 4.78 is 7.10. The van der Waals surface area contributed by atoms with Crippen LogP contribution in [0.1, 0.15) is 24.1 Å². The van der Waals surface area contributed by atoms with E-state index >= 15 is 0 Å².